The Morgan fingerprint density at radius 1 is 1.45 bits per heavy atom. The van der Waals surface area contributed by atoms with E-state index in [9.17, 15) is 0 Å². The summed E-state index contributed by atoms with van der Waals surface area (Å²) in [5.41, 5.74) is 0. The fraction of sp³-hybridized carbons (Fsp3) is 1.00. The van der Waals surface area contributed by atoms with Gasteiger partial charge < -0.3 is 0 Å². The fourth-order valence-electron chi connectivity index (χ4n) is 1.35. The Labute approximate surface area is 74.5 Å². The molecule has 0 unspecified atom stereocenters. The summed E-state index contributed by atoms with van der Waals surface area (Å²) in [4.78, 5) is 2.56. The average Bonchev–Trinajstić information content (AvgIpc) is 2.39. The zero-order valence-corrected chi connectivity index (χ0v) is 8.49. The van der Waals surface area contributed by atoms with Gasteiger partial charge in [-0.25, -0.2) is 0 Å². The Bertz CT molecular complexity index is 97.7. The molecule has 1 heterocycles. The topological polar surface area (TPSA) is 3.24 Å². The third-order valence-electron chi connectivity index (χ3n) is 2.08. The predicted molar refractivity (Wildman–Crippen MR) is 53.0 cm³/mol. The first kappa shape index (κ1) is 9.40. The molecule has 1 aliphatic heterocycles. The summed E-state index contributed by atoms with van der Waals surface area (Å²) in [6.45, 7) is 7.26. The number of thioether (sulfide) groups is 1. The quantitative estimate of drug-likeness (QED) is 0.642. The molecule has 1 rings (SSSR count). The van der Waals surface area contributed by atoms with Crippen LogP contribution in [-0.2, 0) is 0 Å². The summed E-state index contributed by atoms with van der Waals surface area (Å²) in [6.07, 6.45) is 2.78. The van der Waals surface area contributed by atoms with Gasteiger partial charge in [-0.15, -0.1) is 11.8 Å². The molecule has 0 aliphatic carbocycles. The van der Waals surface area contributed by atoms with E-state index in [2.05, 4.69) is 30.5 Å². The first-order valence-electron chi connectivity index (χ1n) is 4.59. The van der Waals surface area contributed by atoms with Crippen LogP contribution in [-0.4, -0.2) is 29.6 Å². The smallest absolute Gasteiger partial charge is 0.0445 e. The van der Waals surface area contributed by atoms with Gasteiger partial charge in [0.1, 0.15) is 0 Å². The van der Waals surface area contributed by atoms with Gasteiger partial charge >= 0.3 is 0 Å². The standard InChI is InChI=1S/C9H19NS/c1-9(2)4-3-5-10-6-7-11-8-10/h9H,3-8H2,1-2H3. The van der Waals surface area contributed by atoms with Crippen LogP contribution in [0, 0.1) is 5.92 Å². The highest BCUT2D eigenvalue weighted by atomic mass is 32.2. The summed E-state index contributed by atoms with van der Waals surface area (Å²) in [6, 6.07) is 0. The zero-order valence-electron chi connectivity index (χ0n) is 7.68. The number of hydrogen-bond donors (Lipinski definition) is 0. The van der Waals surface area contributed by atoms with Gasteiger partial charge in [-0.1, -0.05) is 13.8 Å². The van der Waals surface area contributed by atoms with E-state index in [4.69, 9.17) is 0 Å². The highest BCUT2D eigenvalue weighted by Gasteiger charge is 2.10. The second-order valence-corrected chi connectivity index (χ2v) is 4.77. The molecule has 0 bridgehead atoms. The van der Waals surface area contributed by atoms with Gasteiger partial charge in [0.15, 0.2) is 0 Å². The molecule has 1 nitrogen and oxygen atoms in total. The maximum atomic E-state index is 2.56. The van der Waals surface area contributed by atoms with Gasteiger partial charge in [-0.2, -0.15) is 0 Å². The van der Waals surface area contributed by atoms with Crippen LogP contribution in [0.3, 0.4) is 0 Å². The largest absolute Gasteiger partial charge is 0.293 e. The highest BCUT2D eigenvalue weighted by Crippen LogP contribution is 2.14. The second kappa shape index (κ2) is 5.04. The van der Waals surface area contributed by atoms with Crippen molar-refractivity contribution < 1.29 is 0 Å². The predicted octanol–water partition coefficient (Wildman–Crippen LogP) is 2.43. The number of nitrogens with zero attached hydrogens (tertiary/aromatic N) is 1. The molecule has 0 aromatic carbocycles. The molecule has 2 heteroatoms. The lowest BCUT2D eigenvalue weighted by Gasteiger charge is -2.13. The second-order valence-electron chi connectivity index (χ2n) is 3.69. The summed E-state index contributed by atoms with van der Waals surface area (Å²) in [7, 11) is 0. The van der Waals surface area contributed by atoms with Crippen LogP contribution in [0.15, 0.2) is 0 Å². The van der Waals surface area contributed by atoms with Crippen molar-refractivity contribution in [2.45, 2.75) is 26.7 Å². The Hall–Kier alpha value is 0.310. The van der Waals surface area contributed by atoms with Crippen LogP contribution < -0.4 is 0 Å². The van der Waals surface area contributed by atoms with E-state index in [1.165, 1.54) is 37.6 Å². The van der Waals surface area contributed by atoms with Crippen LogP contribution in [0.2, 0.25) is 0 Å². The number of rotatable bonds is 4. The van der Waals surface area contributed by atoms with Gasteiger partial charge in [0, 0.05) is 18.2 Å². The van der Waals surface area contributed by atoms with E-state index in [1.807, 2.05) is 0 Å². The Kier molecular flexibility index (Phi) is 4.31. The summed E-state index contributed by atoms with van der Waals surface area (Å²) >= 11 is 2.07. The molecule has 0 amide bonds. The molecule has 0 aromatic rings. The van der Waals surface area contributed by atoms with Crippen molar-refractivity contribution in [2.75, 3.05) is 24.7 Å². The van der Waals surface area contributed by atoms with E-state index in [-0.39, 0.29) is 0 Å². The van der Waals surface area contributed by atoms with E-state index >= 15 is 0 Å². The molecule has 0 radical (unpaired) electrons. The van der Waals surface area contributed by atoms with Crippen molar-refractivity contribution in [1.29, 1.82) is 0 Å². The molecule has 0 spiro atoms. The van der Waals surface area contributed by atoms with Crippen molar-refractivity contribution in [3.63, 3.8) is 0 Å². The van der Waals surface area contributed by atoms with Gasteiger partial charge in [0.05, 0.1) is 0 Å². The minimum absolute atomic E-state index is 0.880. The minimum atomic E-state index is 0.880. The van der Waals surface area contributed by atoms with Crippen LogP contribution in [0.4, 0.5) is 0 Å². The van der Waals surface area contributed by atoms with E-state index in [0.717, 1.165) is 5.92 Å². The first-order chi connectivity index (χ1) is 5.29. The average molecular weight is 173 g/mol. The number of hydrogen-bond acceptors (Lipinski definition) is 2. The fourth-order valence-corrected chi connectivity index (χ4v) is 2.38. The molecule has 0 N–H and O–H groups in total. The van der Waals surface area contributed by atoms with Crippen molar-refractivity contribution >= 4 is 11.8 Å². The van der Waals surface area contributed by atoms with E-state index in [1.54, 1.807) is 0 Å². The van der Waals surface area contributed by atoms with E-state index in [0.29, 0.717) is 0 Å². The maximum absolute atomic E-state index is 2.56. The normalized spacial score (nSPS) is 19.9. The van der Waals surface area contributed by atoms with Crippen molar-refractivity contribution in [2.24, 2.45) is 5.92 Å². The molecule has 0 aromatic heterocycles. The molecular weight excluding hydrogens is 154 g/mol. The summed E-state index contributed by atoms with van der Waals surface area (Å²) in [5.74, 6) is 3.50. The van der Waals surface area contributed by atoms with Crippen molar-refractivity contribution in [3.8, 4) is 0 Å². The molecule has 66 valence electrons. The van der Waals surface area contributed by atoms with Crippen LogP contribution in [0.5, 0.6) is 0 Å². The SMILES string of the molecule is CC(C)CCCN1CCSC1. The van der Waals surface area contributed by atoms with Gasteiger partial charge in [-0.05, 0) is 25.3 Å². The third kappa shape index (κ3) is 4.02. The molecule has 0 saturated carbocycles. The molecule has 1 saturated heterocycles. The molecule has 0 atom stereocenters. The molecule has 11 heavy (non-hydrogen) atoms. The highest BCUT2D eigenvalue weighted by molar-refractivity contribution is 7.99. The minimum Gasteiger partial charge on any atom is -0.293 e. The summed E-state index contributed by atoms with van der Waals surface area (Å²) in [5, 5.41) is 0. The molecular formula is C9H19NS. The van der Waals surface area contributed by atoms with Crippen LogP contribution >= 0.6 is 11.8 Å². The lowest BCUT2D eigenvalue weighted by molar-refractivity contribution is 0.336. The Morgan fingerprint density at radius 2 is 2.27 bits per heavy atom. The molecule has 1 aliphatic rings. The maximum Gasteiger partial charge on any atom is 0.0445 e. The summed E-state index contributed by atoms with van der Waals surface area (Å²) < 4.78 is 0. The lowest BCUT2D eigenvalue weighted by atomic mass is 10.1. The van der Waals surface area contributed by atoms with Gasteiger partial charge in [-0.3, -0.25) is 4.90 Å². The third-order valence-corrected chi connectivity index (χ3v) is 3.10. The van der Waals surface area contributed by atoms with E-state index < -0.39 is 0 Å². The first-order valence-corrected chi connectivity index (χ1v) is 5.74. The lowest BCUT2D eigenvalue weighted by Crippen LogP contribution is -2.20. The van der Waals surface area contributed by atoms with Crippen molar-refractivity contribution in [3.05, 3.63) is 0 Å². The van der Waals surface area contributed by atoms with Crippen molar-refractivity contribution in [1.82, 2.24) is 4.90 Å². The van der Waals surface area contributed by atoms with Crippen LogP contribution in [0.1, 0.15) is 26.7 Å². The van der Waals surface area contributed by atoms with Gasteiger partial charge in [0.2, 0.25) is 0 Å². The Balaban J connectivity index is 1.94. The van der Waals surface area contributed by atoms with Gasteiger partial charge in [0.25, 0.3) is 0 Å². The molecule has 1 fully saturated rings. The zero-order chi connectivity index (χ0) is 8.10. The van der Waals surface area contributed by atoms with Crippen LogP contribution in [0.25, 0.3) is 0 Å². The Morgan fingerprint density at radius 3 is 2.82 bits per heavy atom. The monoisotopic (exact) mass is 173 g/mol.